The van der Waals surface area contributed by atoms with E-state index in [0.717, 1.165) is 10.5 Å². The van der Waals surface area contributed by atoms with E-state index in [1.165, 1.54) is 4.90 Å². The minimum atomic E-state index is -0.122. The zero-order chi connectivity index (χ0) is 18.4. The molecule has 1 saturated heterocycles. The van der Waals surface area contributed by atoms with Crippen molar-refractivity contribution in [3.05, 3.63) is 60.2 Å². The van der Waals surface area contributed by atoms with Gasteiger partial charge in [-0.2, -0.15) is 0 Å². The molecule has 0 spiro atoms. The molecule has 2 aromatic carbocycles. The van der Waals surface area contributed by atoms with Crippen molar-refractivity contribution in [3.8, 4) is 0 Å². The summed E-state index contributed by atoms with van der Waals surface area (Å²) in [4.78, 5) is 37.8. The lowest BCUT2D eigenvalue weighted by atomic mass is 10.2. The molecule has 0 radical (unpaired) electrons. The van der Waals surface area contributed by atoms with Crippen molar-refractivity contribution in [3.63, 3.8) is 0 Å². The van der Waals surface area contributed by atoms with E-state index in [1.807, 2.05) is 42.5 Å². The lowest BCUT2D eigenvalue weighted by molar-refractivity contribution is -0.139. The molecule has 1 aliphatic heterocycles. The maximum atomic E-state index is 12.0. The van der Waals surface area contributed by atoms with E-state index in [4.69, 9.17) is 0 Å². The van der Waals surface area contributed by atoms with Gasteiger partial charge in [0.15, 0.2) is 0 Å². The van der Waals surface area contributed by atoms with Gasteiger partial charge in [0.05, 0.1) is 6.54 Å². The summed E-state index contributed by atoms with van der Waals surface area (Å²) >= 11 is 1.65. The number of hydrogen-bond donors (Lipinski definition) is 1. The van der Waals surface area contributed by atoms with Gasteiger partial charge in [-0.15, -0.1) is 11.8 Å². The first-order valence-electron chi connectivity index (χ1n) is 8.51. The molecule has 1 heterocycles. The summed E-state index contributed by atoms with van der Waals surface area (Å²) in [6.45, 7) is 0.291. The highest BCUT2D eigenvalue weighted by Crippen LogP contribution is 2.19. The Kier molecular flexibility index (Phi) is 6.07. The molecule has 1 fully saturated rings. The fraction of sp³-hybridized carbons (Fsp3) is 0.250. The second-order valence-corrected chi connectivity index (χ2v) is 7.20. The average molecular weight is 368 g/mol. The molecule has 0 unspecified atom stereocenters. The third kappa shape index (κ3) is 4.95. The quantitative estimate of drug-likeness (QED) is 0.600. The number of carbonyl (C=O) groups is 3. The molecule has 1 N–H and O–H groups in total. The van der Waals surface area contributed by atoms with Gasteiger partial charge in [0.2, 0.25) is 17.7 Å². The highest BCUT2D eigenvalue weighted by atomic mass is 32.2. The predicted octanol–water partition coefficient (Wildman–Crippen LogP) is 3.46. The summed E-state index contributed by atoms with van der Waals surface area (Å²) in [7, 11) is 0. The van der Waals surface area contributed by atoms with Gasteiger partial charge >= 0.3 is 0 Å². The van der Waals surface area contributed by atoms with Crippen molar-refractivity contribution in [1.82, 2.24) is 4.90 Å². The number of anilines is 1. The molecule has 3 amide bonds. The molecule has 26 heavy (non-hydrogen) atoms. The number of amides is 3. The van der Waals surface area contributed by atoms with Crippen LogP contribution in [0.15, 0.2) is 59.5 Å². The summed E-state index contributed by atoms with van der Waals surface area (Å²) in [5.41, 5.74) is 1.58. The zero-order valence-corrected chi connectivity index (χ0v) is 15.1. The fourth-order valence-corrected chi connectivity index (χ4v) is 3.55. The highest BCUT2D eigenvalue weighted by molar-refractivity contribution is 7.99. The molecular formula is C20H20N2O3S. The molecule has 134 valence electrons. The molecule has 0 saturated carbocycles. The van der Waals surface area contributed by atoms with E-state index in [1.54, 1.807) is 23.9 Å². The molecular weight excluding hydrogens is 348 g/mol. The van der Waals surface area contributed by atoms with Crippen LogP contribution < -0.4 is 5.32 Å². The number of hydrogen-bond acceptors (Lipinski definition) is 4. The molecule has 6 heteroatoms. The standard InChI is InChI=1S/C20H20N2O3S/c23-18(12-13-26-17-4-2-1-3-5-17)21-16-8-6-15(7-9-16)14-22-19(24)10-11-20(22)25/h1-9H,10-14H2,(H,21,23). The van der Waals surface area contributed by atoms with E-state index < -0.39 is 0 Å². The van der Waals surface area contributed by atoms with Crippen molar-refractivity contribution in [1.29, 1.82) is 0 Å². The highest BCUT2D eigenvalue weighted by Gasteiger charge is 2.28. The molecule has 3 rings (SSSR count). The number of nitrogens with zero attached hydrogens (tertiary/aromatic N) is 1. The Morgan fingerprint density at radius 1 is 0.962 bits per heavy atom. The first-order chi connectivity index (χ1) is 12.6. The van der Waals surface area contributed by atoms with Crippen molar-refractivity contribution < 1.29 is 14.4 Å². The Balaban J connectivity index is 1.45. The Labute approximate surface area is 156 Å². The SMILES string of the molecule is O=C(CCSc1ccccc1)Nc1ccc(CN2C(=O)CCC2=O)cc1. The van der Waals surface area contributed by atoms with Gasteiger partial charge in [0.25, 0.3) is 0 Å². The van der Waals surface area contributed by atoms with Crippen molar-refractivity contribution in [2.45, 2.75) is 30.7 Å². The molecule has 0 atom stereocenters. The van der Waals surface area contributed by atoms with Crippen LogP contribution in [0.25, 0.3) is 0 Å². The fourth-order valence-electron chi connectivity index (χ4n) is 2.68. The number of benzene rings is 2. The van der Waals surface area contributed by atoms with Crippen molar-refractivity contribution in [2.75, 3.05) is 11.1 Å². The zero-order valence-electron chi connectivity index (χ0n) is 14.3. The molecule has 2 aromatic rings. The van der Waals surface area contributed by atoms with E-state index in [0.29, 0.717) is 37.2 Å². The summed E-state index contributed by atoms with van der Waals surface area (Å²) < 4.78 is 0. The second kappa shape index (κ2) is 8.67. The lowest BCUT2D eigenvalue weighted by Gasteiger charge is -2.14. The van der Waals surface area contributed by atoms with Gasteiger partial charge in [0.1, 0.15) is 0 Å². The summed E-state index contributed by atoms with van der Waals surface area (Å²) in [5, 5.41) is 2.87. The number of carbonyl (C=O) groups excluding carboxylic acids is 3. The number of likely N-dealkylation sites (tertiary alicyclic amines) is 1. The number of rotatable bonds is 7. The molecule has 5 nitrogen and oxygen atoms in total. The number of thioether (sulfide) groups is 1. The summed E-state index contributed by atoms with van der Waals surface area (Å²) in [5.74, 6) is 0.435. The first kappa shape index (κ1) is 18.2. The molecule has 0 bridgehead atoms. The Morgan fingerprint density at radius 2 is 1.62 bits per heavy atom. The van der Waals surface area contributed by atoms with E-state index in [9.17, 15) is 14.4 Å². The van der Waals surface area contributed by atoms with Gasteiger partial charge in [-0.05, 0) is 29.8 Å². The van der Waals surface area contributed by atoms with Crippen LogP contribution in [0.5, 0.6) is 0 Å². The van der Waals surface area contributed by atoms with Crippen LogP contribution in [0.2, 0.25) is 0 Å². The van der Waals surface area contributed by atoms with Gasteiger partial charge < -0.3 is 5.32 Å². The molecule has 0 aliphatic carbocycles. The van der Waals surface area contributed by atoms with Gasteiger partial charge in [-0.3, -0.25) is 19.3 Å². The van der Waals surface area contributed by atoms with E-state index in [2.05, 4.69) is 5.32 Å². The minimum Gasteiger partial charge on any atom is -0.326 e. The third-order valence-corrected chi connectivity index (χ3v) is 5.09. The maximum absolute atomic E-state index is 12.0. The molecule has 1 aliphatic rings. The third-order valence-electron chi connectivity index (χ3n) is 4.07. The lowest BCUT2D eigenvalue weighted by Crippen LogP contribution is -2.28. The minimum absolute atomic E-state index is 0.0360. The largest absolute Gasteiger partial charge is 0.326 e. The summed E-state index contributed by atoms with van der Waals surface area (Å²) in [6.07, 6.45) is 1.03. The van der Waals surface area contributed by atoms with Crippen molar-refractivity contribution >= 4 is 35.2 Å². The van der Waals surface area contributed by atoms with Crippen LogP contribution in [0.1, 0.15) is 24.8 Å². The smallest absolute Gasteiger partial charge is 0.229 e. The normalized spacial score (nSPS) is 13.9. The molecule has 0 aromatic heterocycles. The van der Waals surface area contributed by atoms with Crippen LogP contribution in [0, 0.1) is 0 Å². The van der Waals surface area contributed by atoms with Crippen molar-refractivity contribution in [2.24, 2.45) is 0 Å². The maximum Gasteiger partial charge on any atom is 0.229 e. The average Bonchev–Trinajstić information content (AvgIpc) is 2.96. The van der Waals surface area contributed by atoms with Gasteiger partial charge in [0, 0.05) is 35.6 Å². The van der Waals surface area contributed by atoms with Crippen LogP contribution in [0.4, 0.5) is 5.69 Å². The van der Waals surface area contributed by atoms with Gasteiger partial charge in [-0.25, -0.2) is 0 Å². The van der Waals surface area contributed by atoms with Crippen LogP contribution in [0.3, 0.4) is 0 Å². The van der Waals surface area contributed by atoms with Gasteiger partial charge in [-0.1, -0.05) is 30.3 Å². The monoisotopic (exact) mass is 368 g/mol. The van der Waals surface area contributed by atoms with Crippen LogP contribution in [-0.4, -0.2) is 28.4 Å². The predicted molar refractivity (Wildman–Crippen MR) is 102 cm³/mol. The topological polar surface area (TPSA) is 66.5 Å². The van der Waals surface area contributed by atoms with E-state index in [-0.39, 0.29) is 17.7 Å². The summed E-state index contributed by atoms with van der Waals surface area (Å²) in [6, 6.07) is 17.2. The van der Waals surface area contributed by atoms with E-state index >= 15 is 0 Å². The first-order valence-corrected chi connectivity index (χ1v) is 9.50. The second-order valence-electron chi connectivity index (χ2n) is 6.03. The number of nitrogens with one attached hydrogen (secondary N) is 1. The Bertz CT molecular complexity index is 774. The Morgan fingerprint density at radius 3 is 2.27 bits per heavy atom. The van der Waals surface area contributed by atoms with Crippen LogP contribution >= 0.6 is 11.8 Å². The number of imide groups is 1. The Hall–Kier alpha value is -2.60. The van der Waals surface area contributed by atoms with Crippen LogP contribution in [-0.2, 0) is 20.9 Å².